The molecule has 0 amide bonds. The number of rotatable bonds is 6. The van der Waals surface area contributed by atoms with E-state index in [2.05, 4.69) is 10.3 Å². The van der Waals surface area contributed by atoms with Gasteiger partial charge in [-0.3, -0.25) is 4.79 Å². The topological polar surface area (TPSA) is 57.0 Å². The highest BCUT2D eigenvalue weighted by Crippen LogP contribution is 2.13. The van der Waals surface area contributed by atoms with Gasteiger partial charge in [0.25, 0.3) is 0 Å². The van der Waals surface area contributed by atoms with E-state index in [0.717, 1.165) is 6.29 Å². The van der Waals surface area contributed by atoms with Gasteiger partial charge in [0.05, 0.1) is 12.7 Å². The molecule has 5 nitrogen and oxygen atoms in total. The minimum atomic E-state index is -0.268. The van der Waals surface area contributed by atoms with Crippen LogP contribution in [0.25, 0.3) is 0 Å². The molecule has 0 aliphatic carbocycles. The number of carbonyl (C=O) groups is 1. The van der Waals surface area contributed by atoms with Crippen molar-refractivity contribution < 1.29 is 13.9 Å². The molecule has 0 N–H and O–H groups in total. The molecule has 3 rings (SSSR count). The Morgan fingerprint density at radius 3 is 2.65 bits per heavy atom. The first kappa shape index (κ1) is 14.9. The SMILES string of the molecule is O=Cc1ccc(OCc2cn(Cc3ccccc3F)nn2)cc1. The van der Waals surface area contributed by atoms with Gasteiger partial charge in [0.1, 0.15) is 30.2 Å². The van der Waals surface area contributed by atoms with Crippen LogP contribution in [0.4, 0.5) is 4.39 Å². The van der Waals surface area contributed by atoms with Gasteiger partial charge in [-0.1, -0.05) is 23.4 Å². The largest absolute Gasteiger partial charge is 0.487 e. The lowest BCUT2D eigenvalue weighted by Gasteiger charge is -2.03. The van der Waals surface area contributed by atoms with Crippen LogP contribution >= 0.6 is 0 Å². The number of aromatic nitrogens is 3. The molecule has 6 heteroatoms. The third-order valence-electron chi connectivity index (χ3n) is 3.28. The highest BCUT2D eigenvalue weighted by atomic mass is 19.1. The average Bonchev–Trinajstić information content (AvgIpc) is 3.03. The number of benzene rings is 2. The van der Waals surface area contributed by atoms with Crippen LogP contribution in [0, 0.1) is 5.82 Å². The Balaban J connectivity index is 1.60. The van der Waals surface area contributed by atoms with E-state index in [-0.39, 0.29) is 12.4 Å². The lowest BCUT2D eigenvalue weighted by molar-refractivity contribution is 0.112. The van der Waals surface area contributed by atoms with E-state index in [9.17, 15) is 9.18 Å². The molecule has 0 aliphatic rings. The smallest absolute Gasteiger partial charge is 0.150 e. The zero-order chi connectivity index (χ0) is 16.1. The van der Waals surface area contributed by atoms with Crippen molar-refractivity contribution in [2.45, 2.75) is 13.2 Å². The Hall–Kier alpha value is -3.02. The molecule has 1 heterocycles. The summed E-state index contributed by atoms with van der Waals surface area (Å²) in [4.78, 5) is 10.6. The summed E-state index contributed by atoms with van der Waals surface area (Å²) in [6.45, 7) is 0.561. The summed E-state index contributed by atoms with van der Waals surface area (Å²) in [5, 5.41) is 7.97. The summed E-state index contributed by atoms with van der Waals surface area (Å²) in [6, 6.07) is 13.3. The molecule has 0 spiro atoms. The molecule has 3 aromatic rings. The van der Waals surface area contributed by atoms with Gasteiger partial charge in [-0.2, -0.15) is 0 Å². The third-order valence-corrected chi connectivity index (χ3v) is 3.28. The Labute approximate surface area is 132 Å². The van der Waals surface area contributed by atoms with Crippen molar-refractivity contribution >= 4 is 6.29 Å². The Morgan fingerprint density at radius 1 is 1.13 bits per heavy atom. The van der Waals surface area contributed by atoms with Crippen molar-refractivity contribution in [2.75, 3.05) is 0 Å². The summed E-state index contributed by atoms with van der Waals surface area (Å²) < 4.78 is 20.7. The molecule has 116 valence electrons. The van der Waals surface area contributed by atoms with Gasteiger partial charge in [0.15, 0.2) is 0 Å². The number of aldehydes is 1. The lowest BCUT2D eigenvalue weighted by Crippen LogP contribution is -2.02. The maximum atomic E-state index is 13.6. The predicted octanol–water partition coefficient (Wildman–Crippen LogP) is 2.86. The van der Waals surface area contributed by atoms with Crippen LogP contribution in [-0.2, 0) is 13.2 Å². The molecule has 0 saturated heterocycles. The van der Waals surface area contributed by atoms with Crippen LogP contribution in [0.5, 0.6) is 5.75 Å². The molecule has 0 atom stereocenters. The number of halogens is 1. The van der Waals surface area contributed by atoms with Gasteiger partial charge >= 0.3 is 0 Å². The molecule has 0 unspecified atom stereocenters. The number of nitrogens with zero attached hydrogens (tertiary/aromatic N) is 3. The molecule has 23 heavy (non-hydrogen) atoms. The third kappa shape index (κ3) is 3.79. The highest BCUT2D eigenvalue weighted by molar-refractivity contribution is 5.74. The van der Waals surface area contributed by atoms with Crippen LogP contribution in [0.2, 0.25) is 0 Å². The van der Waals surface area contributed by atoms with Gasteiger partial charge in [0, 0.05) is 11.1 Å². The quantitative estimate of drug-likeness (QED) is 0.657. The van der Waals surface area contributed by atoms with Crippen molar-refractivity contribution in [2.24, 2.45) is 0 Å². The maximum Gasteiger partial charge on any atom is 0.150 e. The maximum absolute atomic E-state index is 13.6. The zero-order valence-electron chi connectivity index (χ0n) is 12.2. The molecule has 1 aromatic heterocycles. The molecule has 2 aromatic carbocycles. The first-order valence-corrected chi connectivity index (χ1v) is 7.05. The minimum Gasteiger partial charge on any atom is -0.487 e. The number of carbonyl (C=O) groups excluding carboxylic acids is 1. The normalized spacial score (nSPS) is 10.5. The Morgan fingerprint density at radius 2 is 1.91 bits per heavy atom. The molecule has 0 saturated carbocycles. The second-order valence-electron chi connectivity index (χ2n) is 4.97. The summed E-state index contributed by atoms with van der Waals surface area (Å²) in [6.07, 6.45) is 2.49. The zero-order valence-corrected chi connectivity index (χ0v) is 12.2. The lowest BCUT2D eigenvalue weighted by atomic mass is 10.2. The van der Waals surface area contributed by atoms with E-state index >= 15 is 0 Å². The Kier molecular flexibility index (Phi) is 4.42. The van der Waals surface area contributed by atoms with Gasteiger partial charge in [0.2, 0.25) is 0 Å². The molecule has 0 radical (unpaired) electrons. The fourth-order valence-electron chi connectivity index (χ4n) is 2.08. The fourth-order valence-corrected chi connectivity index (χ4v) is 2.08. The van der Waals surface area contributed by atoms with Crippen LogP contribution in [0.15, 0.2) is 54.7 Å². The second kappa shape index (κ2) is 6.83. The van der Waals surface area contributed by atoms with Crippen LogP contribution < -0.4 is 4.74 Å². The summed E-state index contributed by atoms with van der Waals surface area (Å²) >= 11 is 0. The fraction of sp³-hybridized carbons (Fsp3) is 0.118. The van der Waals surface area contributed by atoms with Crippen LogP contribution in [-0.4, -0.2) is 21.3 Å². The standard InChI is InChI=1S/C17H14FN3O2/c18-17-4-2-1-3-14(17)9-21-10-15(19-20-21)12-23-16-7-5-13(11-22)6-8-16/h1-8,10-11H,9,12H2. The van der Waals surface area contributed by atoms with Gasteiger partial charge in [-0.15, -0.1) is 5.10 Å². The molecular weight excluding hydrogens is 297 g/mol. The van der Waals surface area contributed by atoms with Gasteiger partial charge < -0.3 is 4.74 Å². The number of hydrogen-bond donors (Lipinski definition) is 0. The van der Waals surface area contributed by atoms with E-state index in [1.807, 2.05) is 0 Å². The van der Waals surface area contributed by atoms with E-state index in [0.29, 0.717) is 29.1 Å². The van der Waals surface area contributed by atoms with Crippen molar-refractivity contribution in [3.8, 4) is 5.75 Å². The van der Waals surface area contributed by atoms with Gasteiger partial charge in [-0.05, 0) is 30.3 Å². The highest BCUT2D eigenvalue weighted by Gasteiger charge is 2.06. The number of hydrogen-bond acceptors (Lipinski definition) is 4. The van der Waals surface area contributed by atoms with E-state index < -0.39 is 0 Å². The first-order valence-electron chi connectivity index (χ1n) is 7.05. The van der Waals surface area contributed by atoms with Crippen LogP contribution in [0.1, 0.15) is 21.6 Å². The van der Waals surface area contributed by atoms with E-state index in [1.54, 1.807) is 53.3 Å². The van der Waals surface area contributed by atoms with Crippen molar-refractivity contribution in [1.29, 1.82) is 0 Å². The molecule has 0 bridgehead atoms. The molecule has 0 aliphatic heterocycles. The van der Waals surface area contributed by atoms with Crippen LogP contribution in [0.3, 0.4) is 0 Å². The van der Waals surface area contributed by atoms with E-state index in [1.165, 1.54) is 6.07 Å². The summed E-state index contributed by atoms with van der Waals surface area (Å²) in [5.41, 5.74) is 1.78. The van der Waals surface area contributed by atoms with Gasteiger partial charge in [-0.25, -0.2) is 9.07 Å². The molecular formula is C17H14FN3O2. The minimum absolute atomic E-state index is 0.248. The number of ether oxygens (including phenoxy) is 1. The first-order chi connectivity index (χ1) is 11.2. The van der Waals surface area contributed by atoms with Crippen molar-refractivity contribution in [3.05, 3.63) is 77.4 Å². The summed E-state index contributed by atoms with van der Waals surface area (Å²) in [7, 11) is 0. The molecule has 0 fully saturated rings. The Bertz CT molecular complexity index is 800. The average molecular weight is 311 g/mol. The van der Waals surface area contributed by atoms with E-state index in [4.69, 9.17) is 4.74 Å². The predicted molar refractivity (Wildman–Crippen MR) is 81.7 cm³/mol. The summed E-state index contributed by atoms with van der Waals surface area (Å²) in [5.74, 6) is 0.371. The van der Waals surface area contributed by atoms with Crippen molar-refractivity contribution in [3.63, 3.8) is 0 Å². The second-order valence-corrected chi connectivity index (χ2v) is 4.97. The van der Waals surface area contributed by atoms with Crippen molar-refractivity contribution in [1.82, 2.24) is 15.0 Å². The monoisotopic (exact) mass is 311 g/mol.